The third-order valence-electron chi connectivity index (χ3n) is 3.29. The Labute approximate surface area is 130 Å². The van der Waals surface area contributed by atoms with Crippen LogP contribution >= 0.6 is 0 Å². The van der Waals surface area contributed by atoms with Crippen LogP contribution in [0.15, 0.2) is 60.8 Å². The number of halogens is 3. The maximum absolute atomic E-state index is 12.8. The van der Waals surface area contributed by atoms with Crippen LogP contribution in [0.4, 0.5) is 18.9 Å². The molecule has 2 aromatic carbocycles. The molecule has 3 aromatic rings. The third-order valence-corrected chi connectivity index (χ3v) is 3.29. The van der Waals surface area contributed by atoms with Crippen molar-refractivity contribution in [2.75, 3.05) is 5.73 Å². The van der Waals surface area contributed by atoms with Crippen LogP contribution in [0.1, 0.15) is 5.56 Å². The maximum atomic E-state index is 12.8. The first-order valence-corrected chi connectivity index (χ1v) is 6.80. The Hall–Kier alpha value is -2.89. The standard InChI is InChI=1S/C17H12F3N3/c18-17(19,20)13-5-1-4-12(9-13)16-22-8-7-15(23-16)11-3-2-6-14(21)10-11/h1-10H,21H2. The number of hydrogen-bond donors (Lipinski definition) is 1. The molecule has 3 rings (SSSR count). The smallest absolute Gasteiger partial charge is 0.399 e. The van der Waals surface area contributed by atoms with Crippen molar-refractivity contribution in [2.24, 2.45) is 0 Å². The fourth-order valence-electron chi connectivity index (χ4n) is 2.19. The third kappa shape index (κ3) is 3.31. The molecule has 0 saturated heterocycles. The van der Waals surface area contributed by atoms with Gasteiger partial charge in [-0.15, -0.1) is 0 Å². The van der Waals surface area contributed by atoms with Crippen molar-refractivity contribution in [1.29, 1.82) is 0 Å². The number of nitrogen functional groups attached to an aromatic ring is 1. The highest BCUT2D eigenvalue weighted by Gasteiger charge is 2.30. The molecule has 0 aliphatic carbocycles. The van der Waals surface area contributed by atoms with Gasteiger partial charge in [0.25, 0.3) is 0 Å². The minimum absolute atomic E-state index is 0.232. The molecule has 3 nitrogen and oxygen atoms in total. The van der Waals surface area contributed by atoms with E-state index in [9.17, 15) is 13.2 Å². The second-order valence-electron chi connectivity index (χ2n) is 4.97. The molecule has 0 bridgehead atoms. The number of nitrogens with two attached hydrogens (primary N) is 1. The zero-order valence-electron chi connectivity index (χ0n) is 11.9. The SMILES string of the molecule is Nc1cccc(-c2ccnc(-c3cccc(C(F)(F)F)c3)n2)c1. The van der Waals surface area contributed by atoms with Crippen molar-refractivity contribution in [2.45, 2.75) is 6.18 Å². The first-order valence-electron chi connectivity index (χ1n) is 6.80. The summed E-state index contributed by atoms with van der Waals surface area (Å²) in [6, 6.07) is 13.7. The summed E-state index contributed by atoms with van der Waals surface area (Å²) in [5.41, 5.74) is 7.29. The number of alkyl halides is 3. The monoisotopic (exact) mass is 315 g/mol. The van der Waals surface area contributed by atoms with Crippen LogP contribution in [-0.2, 0) is 6.18 Å². The van der Waals surface area contributed by atoms with Gasteiger partial charge in [0.15, 0.2) is 5.82 Å². The number of hydrogen-bond acceptors (Lipinski definition) is 3. The van der Waals surface area contributed by atoms with E-state index in [0.29, 0.717) is 16.9 Å². The van der Waals surface area contributed by atoms with Crippen LogP contribution < -0.4 is 5.73 Å². The highest BCUT2D eigenvalue weighted by molar-refractivity contribution is 5.66. The molecule has 116 valence electrons. The first kappa shape index (κ1) is 15.0. The average molecular weight is 315 g/mol. The Morgan fingerprint density at radius 3 is 2.35 bits per heavy atom. The highest BCUT2D eigenvalue weighted by Crippen LogP contribution is 2.31. The van der Waals surface area contributed by atoms with E-state index in [1.165, 1.54) is 12.3 Å². The van der Waals surface area contributed by atoms with Gasteiger partial charge < -0.3 is 5.73 Å². The van der Waals surface area contributed by atoms with Crippen LogP contribution in [0.2, 0.25) is 0 Å². The Morgan fingerprint density at radius 2 is 1.61 bits per heavy atom. The van der Waals surface area contributed by atoms with Crippen LogP contribution in [0.5, 0.6) is 0 Å². The van der Waals surface area contributed by atoms with Gasteiger partial charge in [-0.2, -0.15) is 13.2 Å². The molecule has 23 heavy (non-hydrogen) atoms. The van der Waals surface area contributed by atoms with E-state index in [4.69, 9.17) is 5.73 Å². The first-order chi connectivity index (χ1) is 10.9. The molecule has 0 fully saturated rings. The van der Waals surface area contributed by atoms with Crippen molar-refractivity contribution < 1.29 is 13.2 Å². The Balaban J connectivity index is 2.04. The molecule has 0 radical (unpaired) electrons. The summed E-state index contributed by atoms with van der Waals surface area (Å²) in [7, 11) is 0. The topological polar surface area (TPSA) is 51.8 Å². The summed E-state index contributed by atoms with van der Waals surface area (Å²) in [5.74, 6) is 0.232. The van der Waals surface area contributed by atoms with Gasteiger partial charge in [0, 0.05) is 23.0 Å². The molecule has 2 N–H and O–H groups in total. The van der Waals surface area contributed by atoms with Crippen molar-refractivity contribution in [3.05, 3.63) is 66.4 Å². The lowest BCUT2D eigenvalue weighted by Crippen LogP contribution is -2.04. The van der Waals surface area contributed by atoms with E-state index in [-0.39, 0.29) is 5.82 Å². The molecular weight excluding hydrogens is 303 g/mol. The normalized spacial score (nSPS) is 11.4. The Morgan fingerprint density at radius 1 is 0.870 bits per heavy atom. The molecule has 1 heterocycles. The number of benzene rings is 2. The van der Waals surface area contributed by atoms with Gasteiger partial charge in [-0.25, -0.2) is 9.97 Å². The molecule has 6 heteroatoms. The number of nitrogens with zero attached hydrogens (tertiary/aromatic N) is 2. The fourth-order valence-corrected chi connectivity index (χ4v) is 2.19. The largest absolute Gasteiger partial charge is 0.416 e. The van der Waals surface area contributed by atoms with Gasteiger partial charge >= 0.3 is 6.18 Å². The van der Waals surface area contributed by atoms with E-state index in [2.05, 4.69) is 9.97 Å². The maximum Gasteiger partial charge on any atom is 0.416 e. The van der Waals surface area contributed by atoms with Crippen molar-refractivity contribution in [1.82, 2.24) is 9.97 Å². The zero-order chi connectivity index (χ0) is 16.4. The average Bonchev–Trinajstić information content (AvgIpc) is 2.54. The van der Waals surface area contributed by atoms with Gasteiger partial charge in [0.2, 0.25) is 0 Å². The summed E-state index contributed by atoms with van der Waals surface area (Å²) in [5, 5.41) is 0. The van der Waals surface area contributed by atoms with Gasteiger partial charge in [-0.1, -0.05) is 24.3 Å². The van der Waals surface area contributed by atoms with E-state index in [1.807, 2.05) is 6.07 Å². The lowest BCUT2D eigenvalue weighted by atomic mass is 10.1. The molecule has 0 spiro atoms. The second kappa shape index (κ2) is 5.72. The quantitative estimate of drug-likeness (QED) is 0.713. The van der Waals surface area contributed by atoms with E-state index < -0.39 is 11.7 Å². The fraction of sp³-hybridized carbons (Fsp3) is 0.0588. The van der Waals surface area contributed by atoms with Crippen LogP contribution in [-0.4, -0.2) is 9.97 Å². The molecular formula is C17H12F3N3. The zero-order valence-corrected chi connectivity index (χ0v) is 11.9. The minimum atomic E-state index is -4.40. The van der Waals surface area contributed by atoms with Gasteiger partial charge in [-0.05, 0) is 30.3 Å². The number of rotatable bonds is 2. The van der Waals surface area contributed by atoms with E-state index in [0.717, 1.165) is 17.7 Å². The van der Waals surface area contributed by atoms with Gasteiger partial charge in [0.05, 0.1) is 11.3 Å². The summed E-state index contributed by atoms with van der Waals surface area (Å²) in [6.45, 7) is 0. The summed E-state index contributed by atoms with van der Waals surface area (Å²) < 4.78 is 38.5. The Bertz CT molecular complexity index is 844. The summed E-state index contributed by atoms with van der Waals surface area (Å²) in [4.78, 5) is 8.41. The van der Waals surface area contributed by atoms with E-state index in [1.54, 1.807) is 30.3 Å². The lowest BCUT2D eigenvalue weighted by molar-refractivity contribution is -0.137. The number of aromatic nitrogens is 2. The molecule has 0 unspecified atom stereocenters. The number of anilines is 1. The summed E-state index contributed by atoms with van der Waals surface area (Å²) >= 11 is 0. The van der Waals surface area contributed by atoms with Crippen molar-refractivity contribution in [3.8, 4) is 22.6 Å². The molecule has 0 amide bonds. The minimum Gasteiger partial charge on any atom is -0.399 e. The predicted molar refractivity (Wildman–Crippen MR) is 82.3 cm³/mol. The predicted octanol–water partition coefficient (Wildman–Crippen LogP) is 4.41. The molecule has 0 saturated carbocycles. The lowest BCUT2D eigenvalue weighted by Gasteiger charge is -2.09. The van der Waals surface area contributed by atoms with Crippen LogP contribution in [0, 0.1) is 0 Å². The summed E-state index contributed by atoms with van der Waals surface area (Å²) in [6.07, 6.45) is -2.89. The molecule has 0 atom stereocenters. The van der Waals surface area contributed by atoms with Crippen LogP contribution in [0.3, 0.4) is 0 Å². The second-order valence-corrected chi connectivity index (χ2v) is 4.97. The van der Waals surface area contributed by atoms with E-state index >= 15 is 0 Å². The highest BCUT2D eigenvalue weighted by atomic mass is 19.4. The van der Waals surface area contributed by atoms with Gasteiger partial charge in [0.1, 0.15) is 0 Å². The molecule has 0 aliphatic heterocycles. The van der Waals surface area contributed by atoms with Crippen molar-refractivity contribution in [3.63, 3.8) is 0 Å². The van der Waals surface area contributed by atoms with Gasteiger partial charge in [-0.3, -0.25) is 0 Å². The molecule has 1 aromatic heterocycles. The molecule has 0 aliphatic rings. The van der Waals surface area contributed by atoms with Crippen LogP contribution in [0.25, 0.3) is 22.6 Å². The Kier molecular flexibility index (Phi) is 3.73. The van der Waals surface area contributed by atoms with Crippen molar-refractivity contribution >= 4 is 5.69 Å².